The molecule has 0 amide bonds. The molecule has 7 atom stereocenters. The maximum absolute atomic E-state index is 14.0. The van der Waals surface area contributed by atoms with Gasteiger partial charge in [0.15, 0.2) is 18.0 Å². The minimum atomic E-state index is -1.63. The van der Waals surface area contributed by atoms with E-state index in [0.717, 1.165) is 24.8 Å². The first-order chi connectivity index (χ1) is 19.4. The van der Waals surface area contributed by atoms with Crippen LogP contribution >= 0.6 is 11.6 Å². The molecule has 0 spiro atoms. The van der Waals surface area contributed by atoms with E-state index in [9.17, 15) is 24.3 Å². The Morgan fingerprint density at radius 1 is 1.07 bits per heavy atom. The molecule has 5 rings (SSSR count). The molecular weight excluding hydrogens is 548 g/mol. The molecular formula is C32H43ClO8. The van der Waals surface area contributed by atoms with Crippen molar-refractivity contribution >= 4 is 35.3 Å². The zero-order valence-corrected chi connectivity index (χ0v) is 25.2. The summed E-state index contributed by atoms with van der Waals surface area (Å²) < 4.78 is 16.5. The minimum absolute atomic E-state index is 0.0773. The van der Waals surface area contributed by atoms with E-state index in [1.54, 1.807) is 13.0 Å². The monoisotopic (exact) mass is 590 g/mol. The van der Waals surface area contributed by atoms with Gasteiger partial charge in [-0.05, 0) is 75.4 Å². The molecule has 226 valence electrons. The lowest BCUT2D eigenvalue weighted by Crippen LogP contribution is -2.69. The van der Waals surface area contributed by atoms with E-state index in [-0.39, 0.29) is 43.5 Å². The number of aliphatic hydroxyl groups is 1. The standard InChI is InChI=1S/C32H43ClO8/c1-4-39-28(38)41-31(26(36)19-40-27(37)12-9-20-7-5-6-8-20)16-14-23-24-11-10-21-17-22(34)13-15-29(21,2)32(24,33)25(35)18-30(23,31)3/h13,15,17,20,23-25,35H,4-12,14,16,18-19H2,1-3H3/t23-,24-,25?,29-,30-,31-,32-/m0/s1. The first kappa shape index (κ1) is 30.3. The fourth-order valence-electron chi connectivity index (χ4n) is 9.13. The highest BCUT2D eigenvalue weighted by Gasteiger charge is 2.74. The molecule has 0 radical (unpaired) electrons. The number of allylic oxidation sites excluding steroid dienone is 4. The fourth-order valence-corrected chi connectivity index (χ4v) is 9.65. The summed E-state index contributed by atoms with van der Waals surface area (Å²) >= 11 is 7.50. The van der Waals surface area contributed by atoms with Gasteiger partial charge in [0.25, 0.3) is 0 Å². The van der Waals surface area contributed by atoms with Crippen molar-refractivity contribution in [2.75, 3.05) is 13.2 Å². The second-order valence-electron chi connectivity index (χ2n) is 13.2. The Morgan fingerprint density at radius 2 is 1.80 bits per heavy atom. The van der Waals surface area contributed by atoms with Gasteiger partial charge in [0, 0.05) is 17.3 Å². The predicted octanol–water partition coefficient (Wildman–Crippen LogP) is 5.62. The minimum Gasteiger partial charge on any atom is -0.457 e. The normalized spacial score (nSPS) is 39.8. The molecule has 0 bridgehead atoms. The molecule has 0 heterocycles. The number of alkyl halides is 1. The second kappa shape index (κ2) is 11.1. The molecule has 0 aromatic carbocycles. The Kier molecular flexibility index (Phi) is 8.23. The van der Waals surface area contributed by atoms with Crippen LogP contribution in [0.4, 0.5) is 4.79 Å². The highest BCUT2D eigenvalue weighted by Crippen LogP contribution is 2.71. The molecule has 0 aliphatic heterocycles. The van der Waals surface area contributed by atoms with E-state index >= 15 is 0 Å². The van der Waals surface area contributed by atoms with Gasteiger partial charge in [0.05, 0.1) is 17.6 Å². The number of ether oxygens (including phenoxy) is 3. The van der Waals surface area contributed by atoms with E-state index < -0.39 is 51.9 Å². The summed E-state index contributed by atoms with van der Waals surface area (Å²) in [5.74, 6) is -0.868. The second-order valence-corrected chi connectivity index (χ2v) is 13.8. The average Bonchev–Trinajstić information content (AvgIpc) is 3.54. The Labute approximate surface area is 247 Å². The molecule has 4 saturated carbocycles. The average molecular weight is 591 g/mol. The van der Waals surface area contributed by atoms with Crippen molar-refractivity contribution in [3.63, 3.8) is 0 Å². The molecule has 0 aromatic heterocycles. The molecule has 0 aromatic rings. The van der Waals surface area contributed by atoms with Crippen LogP contribution in [0, 0.1) is 28.6 Å². The summed E-state index contributed by atoms with van der Waals surface area (Å²) in [4.78, 5) is 50.4. The smallest absolute Gasteiger partial charge is 0.457 e. The lowest BCUT2D eigenvalue weighted by molar-refractivity contribution is -0.182. The van der Waals surface area contributed by atoms with Gasteiger partial charge in [-0.1, -0.05) is 51.2 Å². The summed E-state index contributed by atoms with van der Waals surface area (Å²) in [6.45, 7) is 5.09. The van der Waals surface area contributed by atoms with Gasteiger partial charge < -0.3 is 19.3 Å². The molecule has 5 aliphatic carbocycles. The van der Waals surface area contributed by atoms with Gasteiger partial charge in [-0.25, -0.2) is 4.79 Å². The maximum atomic E-state index is 14.0. The quantitative estimate of drug-likeness (QED) is 0.286. The summed E-state index contributed by atoms with van der Waals surface area (Å²) in [5, 5.41) is 11.8. The van der Waals surface area contributed by atoms with Crippen LogP contribution in [0.25, 0.3) is 0 Å². The number of esters is 1. The number of carbonyl (C=O) groups excluding carboxylic acids is 4. The van der Waals surface area contributed by atoms with E-state index in [0.29, 0.717) is 25.2 Å². The number of hydrogen-bond acceptors (Lipinski definition) is 8. The van der Waals surface area contributed by atoms with Gasteiger partial charge in [0.1, 0.15) is 0 Å². The number of ketones is 2. The van der Waals surface area contributed by atoms with Gasteiger partial charge in [-0.15, -0.1) is 11.6 Å². The lowest BCUT2D eigenvalue weighted by Gasteiger charge is -2.63. The van der Waals surface area contributed by atoms with Crippen LogP contribution in [0.1, 0.15) is 91.4 Å². The van der Waals surface area contributed by atoms with Crippen LogP contribution in [-0.4, -0.2) is 58.6 Å². The Morgan fingerprint density at radius 3 is 2.51 bits per heavy atom. The molecule has 1 N–H and O–H groups in total. The van der Waals surface area contributed by atoms with Gasteiger partial charge in [-0.2, -0.15) is 0 Å². The van der Waals surface area contributed by atoms with Crippen molar-refractivity contribution in [3.05, 3.63) is 23.8 Å². The van der Waals surface area contributed by atoms with Gasteiger partial charge in [0.2, 0.25) is 5.78 Å². The van der Waals surface area contributed by atoms with Crippen molar-refractivity contribution in [1.82, 2.24) is 0 Å². The molecule has 4 fully saturated rings. The van der Waals surface area contributed by atoms with Crippen molar-refractivity contribution in [2.24, 2.45) is 28.6 Å². The van der Waals surface area contributed by atoms with Crippen LogP contribution in [0.2, 0.25) is 0 Å². The van der Waals surface area contributed by atoms with E-state index in [1.807, 2.05) is 19.9 Å². The number of hydrogen-bond donors (Lipinski definition) is 1. The lowest BCUT2D eigenvalue weighted by atomic mass is 9.45. The molecule has 0 saturated heterocycles. The van der Waals surface area contributed by atoms with Crippen LogP contribution in [0.3, 0.4) is 0 Å². The van der Waals surface area contributed by atoms with Gasteiger partial charge in [-0.3, -0.25) is 14.4 Å². The van der Waals surface area contributed by atoms with Crippen molar-refractivity contribution < 1.29 is 38.5 Å². The van der Waals surface area contributed by atoms with Crippen molar-refractivity contribution in [3.8, 4) is 0 Å². The van der Waals surface area contributed by atoms with Crippen molar-refractivity contribution in [1.29, 1.82) is 0 Å². The third-order valence-corrected chi connectivity index (χ3v) is 12.3. The topological polar surface area (TPSA) is 116 Å². The Hall–Kier alpha value is -2.19. The van der Waals surface area contributed by atoms with Crippen LogP contribution in [0.5, 0.6) is 0 Å². The zero-order valence-electron chi connectivity index (χ0n) is 24.4. The molecule has 8 nitrogen and oxygen atoms in total. The molecule has 5 aliphatic rings. The molecule has 9 heteroatoms. The third kappa shape index (κ3) is 4.77. The number of Topliss-reactive ketones (excluding diaryl/α,β-unsaturated/α-hetero) is 1. The fraction of sp³-hybridized carbons (Fsp3) is 0.750. The van der Waals surface area contributed by atoms with Gasteiger partial charge >= 0.3 is 12.1 Å². The SMILES string of the molecule is CCOC(=O)O[C@]1(C(=O)COC(=O)CCC2CCCC2)CC[C@H]2[C@@H]3CCC4=CC(=O)C=C[C@]4(C)[C@@]3(Cl)C(O)C[C@@]21C. The molecule has 1 unspecified atom stereocenters. The first-order valence-corrected chi connectivity index (χ1v) is 15.6. The Bertz CT molecular complexity index is 1160. The number of halogens is 1. The van der Waals surface area contributed by atoms with Crippen LogP contribution in [0.15, 0.2) is 23.8 Å². The zero-order chi connectivity index (χ0) is 29.6. The number of carbonyl (C=O) groups is 4. The van der Waals surface area contributed by atoms with E-state index in [1.165, 1.54) is 18.9 Å². The maximum Gasteiger partial charge on any atom is 0.509 e. The highest BCUT2D eigenvalue weighted by atomic mass is 35.5. The van der Waals surface area contributed by atoms with Crippen LogP contribution in [-0.2, 0) is 28.6 Å². The Balaban J connectivity index is 1.41. The number of aliphatic hydroxyl groups excluding tert-OH is 1. The van der Waals surface area contributed by atoms with E-state index in [4.69, 9.17) is 25.8 Å². The summed E-state index contributed by atoms with van der Waals surface area (Å²) in [6, 6.07) is 0. The first-order valence-electron chi connectivity index (χ1n) is 15.3. The summed E-state index contributed by atoms with van der Waals surface area (Å²) in [5.41, 5.74) is -2.43. The highest BCUT2D eigenvalue weighted by molar-refractivity contribution is 6.26. The van der Waals surface area contributed by atoms with Crippen LogP contribution < -0.4 is 0 Å². The predicted molar refractivity (Wildman–Crippen MR) is 151 cm³/mol. The van der Waals surface area contributed by atoms with Crippen molar-refractivity contribution in [2.45, 2.75) is 108 Å². The molecule has 41 heavy (non-hydrogen) atoms. The largest absolute Gasteiger partial charge is 0.509 e. The van der Waals surface area contributed by atoms with E-state index in [2.05, 4.69) is 0 Å². The number of fused-ring (bicyclic) bond motifs is 5. The number of rotatable bonds is 8. The summed E-state index contributed by atoms with van der Waals surface area (Å²) in [7, 11) is 0. The summed E-state index contributed by atoms with van der Waals surface area (Å²) in [6.07, 6.45) is 10.7. The third-order valence-electron chi connectivity index (χ3n) is 11.3.